The summed E-state index contributed by atoms with van der Waals surface area (Å²) in [6, 6.07) is 14.9. The minimum absolute atomic E-state index is 0.0770. The summed E-state index contributed by atoms with van der Waals surface area (Å²) in [4.78, 5) is 37.8. The lowest BCUT2D eigenvalue weighted by Gasteiger charge is -2.36. The molecule has 1 saturated heterocycles. The number of carbonyl (C=O) groups excluding carboxylic acids is 2. The predicted molar refractivity (Wildman–Crippen MR) is 124 cm³/mol. The number of anilines is 1. The van der Waals surface area contributed by atoms with Crippen LogP contribution >= 0.6 is 0 Å². The Hall–Kier alpha value is -3.90. The molecule has 2 aliphatic heterocycles. The molecule has 1 unspecified atom stereocenters. The first kappa shape index (κ1) is 23.3. The van der Waals surface area contributed by atoms with Gasteiger partial charge in [0.05, 0.1) is 12.5 Å². The normalized spacial score (nSPS) is 17.4. The molecule has 2 aromatic rings. The van der Waals surface area contributed by atoms with Crippen molar-refractivity contribution >= 4 is 23.6 Å². The molecule has 34 heavy (non-hydrogen) atoms. The standard InChI is InChI=1S/C25H26N4O5/c1-29-21-13-18(6-7-19(21)14-22(29)30)17-4-2-16(3-5-17)12-20(15-26)27-23(31)25(28-24(32)33)8-10-34-11-9-25/h2-7,13,20,28H,8-12,14H2,1H3,(H,27,31)(H,32,33). The average molecular weight is 463 g/mol. The fourth-order valence-electron chi connectivity index (χ4n) is 4.45. The quantitative estimate of drug-likeness (QED) is 0.603. The van der Waals surface area contributed by atoms with E-state index in [9.17, 15) is 24.8 Å². The Bertz CT molecular complexity index is 1150. The van der Waals surface area contributed by atoms with Crippen molar-refractivity contribution in [3.8, 4) is 17.2 Å². The predicted octanol–water partition coefficient (Wildman–Crippen LogP) is 2.24. The van der Waals surface area contributed by atoms with Gasteiger partial charge >= 0.3 is 6.09 Å². The molecule has 0 bridgehead atoms. The SMILES string of the molecule is CN1C(=O)Cc2ccc(-c3ccc(CC(C#N)NC(=O)C4(NC(=O)O)CCOCC4)cc3)cc21. The molecule has 4 rings (SSSR count). The van der Waals surface area contributed by atoms with Crippen LogP contribution in [0.5, 0.6) is 0 Å². The molecule has 0 aliphatic carbocycles. The molecule has 9 heteroatoms. The summed E-state index contributed by atoms with van der Waals surface area (Å²) < 4.78 is 5.27. The molecule has 0 aromatic heterocycles. The van der Waals surface area contributed by atoms with Gasteiger partial charge in [0.1, 0.15) is 11.6 Å². The summed E-state index contributed by atoms with van der Waals surface area (Å²) in [6.07, 6.45) is -0.172. The number of benzene rings is 2. The summed E-state index contributed by atoms with van der Waals surface area (Å²) >= 11 is 0. The van der Waals surface area contributed by atoms with Crippen LogP contribution in [0.4, 0.5) is 10.5 Å². The first-order valence-electron chi connectivity index (χ1n) is 11.1. The fraction of sp³-hybridized carbons (Fsp3) is 0.360. The van der Waals surface area contributed by atoms with Gasteiger partial charge < -0.3 is 25.4 Å². The van der Waals surface area contributed by atoms with Gasteiger partial charge in [-0.05, 0) is 28.3 Å². The summed E-state index contributed by atoms with van der Waals surface area (Å²) in [5, 5.41) is 23.8. The molecule has 1 atom stereocenters. The third-order valence-corrected chi connectivity index (χ3v) is 6.48. The largest absolute Gasteiger partial charge is 0.465 e. The third-order valence-electron chi connectivity index (χ3n) is 6.48. The zero-order chi connectivity index (χ0) is 24.3. The van der Waals surface area contributed by atoms with E-state index in [2.05, 4.69) is 16.7 Å². The topological polar surface area (TPSA) is 132 Å². The zero-order valence-electron chi connectivity index (χ0n) is 18.8. The van der Waals surface area contributed by atoms with Gasteiger partial charge in [0.15, 0.2) is 0 Å². The molecule has 3 amide bonds. The van der Waals surface area contributed by atoms with E-state index in [-0.39, 0.29) is 38.4 Å². The smallest absolute Gasteiger partial charge is 0.405 e. The maximum absolute atomic E-state index is 12.9. The van der Waals surface area contributed by atoms with Crippen molar-refractivity contribution in [1.29, 1.82) is 5.26 Å². The zero-order valence-corrected chi connectivity index (χ0v) is 18.8. The third kappa shape index (κ3) is 4.72. The molecule has 176 valence electrons. The Kier molecular flexibility index (Phi) is 6.52. The fourth-order valence-corrected chi connectivity index (χ4v) is 4.45. The first-order valence-corrected chi connectivity index (χ1v) is 11.1. The van der Waals surface area contributed by atoms with Gasteiger partial charge in [-0.25, -0.2) is 4.79 Å². The lowest BCUT2D eigenvalue weighted by molar-refractivity contribution is -0.131. The molecule has 2 aromatic carbocycles. The van der Waals surface area contributed by atoms with Crippen LogP contribution in [-0.2, 0) is 27.2 Å². The monoisotopic (exact) mass is 462 g/mol. The van der Waals surface area contributed by atoms with Crippen molar-refractivity contribution in [2.75, 3.05) is 25.2 Å². The molecule has 9 nitrogen and oxygen atoms in total. The number of nitrogens with zero attached hydrogens (tertiary/aromatic N) is 2. The van der Waals surface area contributed by atoms with Gasteiger partial charge in [-0.2, -0.15) is 5.26 Å². The first-order chi connectivity index (χ1) is 16.3. The molecule has 0 saturated carbocycles. The minimum atomic E-state index is -1.30. The lowest BCUT2D eigenvalue weighted by atomic mass is 9.88. The van der Waals surface area contributed by atoms with Crippen LogP contribution in [0.1, 0.15) is 24.0 Å². The average Bonchev–Trinajstić information content (AvgIpc) is 3.12. The number of amides is 3. The number of nitrogens with one attached hydrogen (secondary N) is 2. The van der Waals surface area contributed by atoms with Gasteiger partial charge in [-0.1, -0.05) is 36.4 Å². The Morgan fingerprint density at radius 2 is 1.85 bits per heavy atom. The Morgan fingerprint density at radius 1 is 1.18 bits per heavy atom. The maximum Gasteiger partial charge on any atom is 0.405 e. The van der Waals surface area contributed by atoms with Gasteiger partial charge in [0.2, 0.25) is 11.8 Å². The molecule has 3 N–H and O–H groups in total. The lowest BCUT2D eigenvalue weighted by Crippen LogP contribution is -2.62. The van der Waals surface area contributed by atoms with Crippen LogP contribution in [0.15, 0.2) is 42.5 Å². The van der Waals surface area contributed by atoms with Crippen LogP contribution in [0.25, 0.3) is 11.1 Å². The number of likely N-dealkylation sites (N-methyl/N-ethyl adjacent to an activating group) is 1. The summed E-state index contributed by atoms with van der Waals surface area (Å²) in [6.45, 7) is 0.526. The van der Waals surface area contributed by atoms with Crippen molar-refractivity contribution < 1.29 is 24.2 Å². The van der Waals surface area contributed by atoms with Crippen molar-refractivity contribution in [3.05, 3.63) is 53.6 Å². The second-order valence-corrected chi connectivity index (χ2v) is 8.65. The Labute approximate surface area is 197 Å². The molecule has 1 fully saturated rings. The number of nitriles is 1. The van der Waals surface area contributed by atoms with E-state index >= 15 is 0 Å². The van der Waals surface area contributed by atoms with Crippen LogP contribution in [0, 0.1) is 11.3 Å². The maximum atomic E-state index is 12.9. The molecular weight excluding hydrogens is 436 g/mol. The number of hydrogen-bond acceptors (Lipinski definition) is 5. The molecule has 0 spiro atoms. The summed E-state index contributed by atoms with van der Waals surface area (Å²) in [5.74, 6) is -0.439. The number of rotatable bonds is 6. The van der Waals surface area contributed by atoms with Crippen LogP contribution < -0.4 is 15.5 Å². The molecule has 2 aliphatic rings. The van der Waals surface area contributed by atoms with Crippen LogP contribution in [0.2, 0.25) is 0 Å². The van der Waals surface area contributed by atoms with Gasteiger partial charge in [-0.3, -0.25) is 9.59 Å². The van der Waals surface area contributed by atoms with E-state index < -0.39 is 23.6 Å². The number of fused-ring (bicyclic) bond motifs is 1. The van der Waals surface area contributed by atoms with Crippen LogP contribution in [0.3, 0.4) is 0 Å². The van der Waals surface area contributed by atoms with Gasteiger partial charge in [-0.15, -0.1) is 0 Å². The second kappa shape index (κ2) is 9.53. The van der Waals surface area contributed by atoms with E-state index in [0.29, 0.717) is 6.42 Å². The van der Waals surface area contributed by atoms with Crippen molar-refractivity contribution in [2.24, 2.45) is 0 Å². The highest BCUT2D eigenvalue weighted by molar-refractivity contribution is 6.01. The Morgan fingerprint density at radius 3 is 2.50 bits per heavy atom. The van der Waals surface area contributed by atoms with E-state index in [4.69, 9.17) is 4.74 Å². The highest BCUT2D eigenvalue weighted by Gasteiger charge is 2.42. The number of carbonyl (C=O) groups is 3. The van der Waals surface area contributed by atoms with Gasteiger partial charge in [0, 0.05) is 45.2 Å². The van der Waals surface area contributed by atoms with Crippen molar-refractivity contribution in [1.82, 2.24) is 10.6 Å². The van der Waals surface area contributed by atoms with E-state index in [0.717, 1.165) is 27.9 Å². The van der Waals surface area contributed by atoms with E-state index in [1.54, 1.807) is 11.9 Å². The second-order valence-electron chi connectivity index (χ2n) is 8.65. The van der Waals surface area contributed by atoms with Crippen molar-refractivity contribution in [2.45, 2.75) is 37.3 Å². The van der Waals surface area contributed by atoms with E-state index in [1.807, 2.05) is 42.5 Å². The van der Waals surface area contributed by atoms with Gasteiger partial charge in [0.25, 0.3) is 0 Å². The van der Waals surface area contributed by atoms with Crippen LogP contribution in [-0.4, -0.2) is 54.9 Å². The highest BCUT2D eigenvalue weighted by atomic mass is 16.5. The van der Waals surface area contributed by atoms with E-state index in [1.165, 1.54) is 0 Å². The summed E-state index contributed by atoms with van der Waals surface area (Å²) in [5.41, 5.74) is 3.44. The number of hydrogen-bond donors (Lipinski definition) is 3. The molecular formula is C25H26N4O5. The van der Waals surface area contributed by atoms with Crippen molar-refractivity contribution in [3.63, 3.8) is 0 Å². The number of carboxylic acid groups (broad SMARTS) is 1. The Balaban J connectivity index is 1.44. The molecule has 0 radical (unpaired) electrons. The minimum Gasteiger partial charge on any atom is -0.465 e. The molecule has 2 heterocycles. The number of ether oxygens (including phenoxy) is 1. The highest BCUT2D eigenvalue weighted by Crippen LogP contribution is 2.32. The summed E-state index contributed by atoms with van der Waals surface area (Å²) in [7, 11) is 1.77.